The molecule has 32 heavy (non-hydrogen) atoms. The summed E-state index contributed by atoms with van der Waals surface area (Å²) < 4.78 is 25.0. The average Bonchev–Trinajstić information content (AvgIpc) is 3.12. The van der Waals surface area contributed by atoms with Crippen molar-refractivity contribution >= 4 is 60.5 Å². The Hall–Kier alpha value is -2.60. The van der Waals surface area contributed by atoms with Crippen LogP contribution in [0.3, 0.4) is 0 Å². The normalized spacial score (nSPS) is 11.4. The quantitative estimate of drug-likeness (QED) is 0.344. The summed E-state index contributed by atoms with van der Waals surface area (Å²) in [5.41, 5.74) is 0.545. The van der Waals surface area contributed by atoms with Crippen LogP contribution in [0.25, 0.3) is 10.2 Å². The van der Waals surface area contributed by atoms with Gasteiger partial charge in [0, 0.05) is 24.9 Å². The third kappa shape index (κ3) is 5.80. The molecule has 0 aliphatic rings. The van der Waals surface area contributed by atoms with Crippen LogP contribution >= 0.6 is 23.7 Å². The molecule has 0 saturated heterocycles. The van der Waals surface area contributed by atoms with E-state index >= 15 is 0 Å². The lowest BCUT2D eigenvalue weighted by Gasteiger charge is -2.22. The van der Waals surface area contributed by atoms with E-state index in [1.165, 1.54) is 29.2 Å². The summed E-state index contributed by atoms with van der Waals surface area (Å²) in [7, 11) is 0.222. The van der Waals surface area contributed by atoms with Crippen molar-refractivity contribution in [2.45, 2.75) is 11.3 Å². The van der Waals surface area contributed by atoms with Gasteiger partial charge in [-0.1, -0.05) is 23.5 Å². The maximum absolute atomic E-state index is 13.4. The fraction of sp³-hybridized carbons (Fsp3) is 0.300. The van der Waals surface area contributed by atoms with Gasteiger partial charge in [-0.25, -0.2) is 13.4 Å². The molecular formula is C20H23ClN4O5S2. The molecule has 1 aromatic heterocycles. The number of non-ortho nitro benzene ring substituents is 1. The number of rotatable bonds is 8. The van der Waals surface area contributed by atoms with Gasteiger partial charge in [0.1, 0.15) is 0 Å². The number of halogens is 1. The highest BCUT2D eigenvalue weighted by Gasteiger charge is 2.26. The molecule has 0 aliphatic carbocycles. The summed E-state index contributed by atoms with van der Waals surface area (Å²) in [5, 5.41) is 11.4. The van der Waals surface area contributed by atoms with Crippen molar-refractivity contribution in [1.29, 1.82) is 0 Å². The lowest BCUT2D eigenvalue weighted by atomic mass is 10.2. The Bertz CT molecular complexity index is 1240. The average molecular weight is 499 g/mol. The molecule has 2 aromatic carbocycles. The Labute approximate surface area is 196 Å². The smallest absolute Gasteiger partial charge is 0.270 e. The number of carbonyl (C=O) groups is 1. The Kier molecular flexibility index (Phi) is 8.29. The van der Waals surface area contributed by atoms with Gasteiger partial charge in [0.05, 0.1) is 25.6 Å². The van der Waals surface area contributed by atoms with Gasteiger partial charge in [-0.05, 0) is 45.3 Å². The summed E-state index contributed by atoms with van der Waals surface area (Å²) in [6, 6.07) is 10.4. The zero-order valence-electron chi connectivity index (χ0n) is 17.7. The van der Waals surface area contributed by atoms with Gasteiger partial charge < -0.3 is 4.90 Å². The number of nitro benzene ring substituents is 1. The first-order valence-corrected chi connectivity index (χ1v) is 12.1. The zero-order chi connectivity index (χ0) is 22.8. The fourth-order valence-corrected chi connectivity index (χ4v) is 4.97. The van der Waals surface area contributed by atoms with Crippen LogP contribution in [-0.4, -0.2) is 62.6 Å². The highest BCUT2D eigenvalue weighted by Crippen LogP contribution is 2.33. The van der Waals surface area contributed by atoms with Crippen LogP contribution in [0.15, 0.2) is 47.4 Å². The molecule has 0 atom stereocenters. The molecule has 0 radical (unpaired) electrons. The van der Waals surface area contributed by atoms with E-state index < -0.39 is 20.7 Å². The Morgan fingerprint density at radius 1 is 1.16 bits per heavy atom. The number of amides is 1. The van der Waals surface area contributed by atoms with E-state index in [0.29, 0.717) is 34.9 Å². The molecule has 9 nitrogen and oxygen atoms in total. The van der Waals surface area contributed by atoms with E-state index in [1.54, 1.807) is 18.2 Å². The lowest BCUT2D eigenvalue weighted by Crippen LogP contribution is -2.34. The van der Waals surface area contributed by atoms with E-state index in [9.17, 15) is 23.3 Å². The van der Waals surface area contributed by atoms with Crippen LogP contribution in [0.4, 0.5) is 10.8 Å². The molecule has 1 heterocycles. The van der Waals surface area contributed by atoms with E-state index in [4.69, 9.17) is 0 Å². The van der Waals surface area contributed by atoms with Gasteiger partial charge >= 0.3 is 0 Å². The topological polar surface area (TPSA) is 114 Å². The number of nitro groups is 1. The fourth-order valence-electron chi connectivity index (χ4n) is 3.07. The van der Waals surface area contributed by atoms with Crippen LogP contribution in [-0.2, 0) is 9.84 Å². The first kappa shape index (κ1) is 25.7. The number of anilines is 1. The maximum atomic E-state index is 13.4. The zero-order valence-corrected chi connectivity index (χ0v) is 20.2. The predicted octanol–water partition coefficient (Wildman–Crippen LogP) is 3.63. The largest absolute Gasteiger partial charge is 0.309 e. The second-order valence-corrected chi connectivity index (χ2v) is 10.3. The van der Waals surface area contributed by atoms with Crippen molar-refractivity contribution < 1.29 is 18.1 Å². The molecule has 3 rings (SSSR count). The van der Waals surface area contributed by atoms with Gasteiger partial charge in [0.2, 0.25) is 0 Å². The summed E-state index contributed by atoms with van der Waals surface area (Å²) >= 11 is 1.16. The van der Waals surface area contributed by atoms with E-state index in [0.717, 1.165) is 17.6 Å². The van der Waals surface area contributed by atoms with Gasteiger partial charge in [-0.15, -0.1) is 12.4 Å². The minimum Gasteiger partial charge on any atom is -0.309 e. The monoisotopic (exact) mass is 498 g/mol. The van der Waals surface area contributed by atoms with E-state index in [2.05, 4.69) is 4.98 Å². The minimum atomic E-state index is -3.62. The summed E-state index contributed by atoms with van der Waals surface area (Å²) in [6.07, 6.45) is 1.70. The van der Waals surface area contributed by atoms with Gasteiger partial charge in [0.15, 0.2) is 15.0 Å². The Morgan fingerprint density at radius 3 is 2.47 bits per heavy atom. The molecule has 0 N–H and O–H groups in total. The van der Waals surface area contributed by atoms with Gasteiger partial charge in [-0.3, -0.25) is 19.8 Å². The number of fused-ring (bicyclic) bond motifs is 1. The number of thiazole rings is 1. The minimum absolute atomic E-state index is 0. The van der Waals surface area contributed by atoms with Crippen molar-refractivity contribution in [2.75, 3.05) is 38.3 Å². The predicted molar refractivity (Wildman–Crippen MR) is 128 cm³/mol. The SMILES string of the molecule is CN(C)CCCN(C(=O)c1ccccc1S(C)(=O)=O)c1nc2ccc([N+](=O)[O-])cc2s1.Cl. The molecule has 12 heteroatoms. The number of benzene rings is 2. The first-order chi connectivity index (χ1) is 14.6. The molecule has 0 saturated carbocycles. The maximum Gasteiger partial charge on any atom is 0.270 e. The first-order valence-electron chi connectivity index (χ1n) is 9.38. The number of hydrogen-bond acceptors (Lipinski definition) is 8. The van der Waals surface area contributed by atoms with Gasteiger partial charge in [-0.2, -0.15) is 0 Å². The Balaban J connectivity index is 0.00000363. The van der Waals surface area contributed by atoms with Crippen molar-refractivity contribution in [1.82, 2.24) is 9.88 Å². The van der Waals surface area contributed by atoms with Crippen LogP contribution < -0.4 is 4.90 Å². The van der Waals surface area contributed by atoms with E-state index in [-0.39, 0.29) is 28.6 Å². The van der Waals surface area contributed by atoms with Crippen LogP contribution in [0.2, 0.25) is 0 Å². The summed E-state index contributed by atoms with van der Waals surface area (Å²) in [4.78, 5) is 31.9. The second-order valence-electron chi connectivity index (χ2n) is 7.29. The molecule has 0 fully saturated rings. The molecule has 0 bridgehead atoms. The highest BCUT2D eigenvalue weighted by molar-refractivity contribution is 7.90. The number of carbonyl (C=O) groups excluding carboxylic acids is 1. The van der Waals surface area contributed by atoms with Crippen molar-refractivity contribution in [3.63, 3.8) is 0 Å². The van der Waals surface area contributed by atoms with Crippen molar-refractivity contribution in [3.8, 4) is 0 Å². The summed E-state index contributed by atoms with van der Waals surface area (Å²) in [5.74, 6) is -0.478. The highest BCUT2D eigenvalue weighted by atomic mass is 35.5. The molecule has 3 aromatic rings. The standard InChI is InChI=1S/C20H22N4O5S2.ClH/c1-22(2)11-6-12-23(19(25)15-7-4-5-8-18(15)31(3,28)29)20-21-16-10-9-14(24(26)27)13-17(16)30-20;/h4-5,7-10,13H,6,11-12H2,1-3H3;1H. The number of sulfone groups is 1. The third-order valence-electron chi connectivity index (χ3n) is 4.55. The molecule has 1 amide bonds. The van der Waals surface area contributed by atoms with Crippen molar-refractivity contribution in [3.05, 3.63) is 58.1 Å². The number of nitrogens with zero attached hydrogens (tertiary/aromatic N) is 4. The lowest BCUT2D eigenvalue weighted by molar-refractivity contribution is -0.384. The third-order valence-corrected chi connectivity index (χ3v) is 6.75. The second kappa shape index (κ2) is 10.3. The van der Waals surface area contributed by atoms with Crippen LogP contribution in [0.5, 0.6) is 0 Å². The molecule has 0 aliphatic heterocycles. The Morgan fingerprint density at radius 2 is 1.84 bits per heavy atom. The van der Waals surface area contributed by atoms with Gasteiger partial charge in [0.25, 0.3) is 11.6 Å². The number of aromatic nitrogens is 1. The van der Waals surface area contributed by atoms with Crippen molar-refractivity contribution in [2.24, 2.45) is 0 Å². The summed E-state index contributed by atoms with van der Waals surface area (Å²) in [6.45, 7) is 1.03. The van der Waals surface area contributed by atoms with Crippen LogP contribution in [0.1, 0.15) is 16.8 Å². The molecule has 0 spiro atoms. The molecular weight excluding hydrogens is 476 g/mol. The number of hydrogen-bond donors (Lipinski definition) is 0. The van der Waals surface area contributed by atoms with Crippen LogP contribution in [0, 0.1) is 10.1 Å². The molecule has 0 unspecified atom stereocenters. The molecule has 172 valence electrons. The van der Waals surface area contributed by atoms with E-state index in [1.807, 2.05) is 19.0 Å².